The van der Waals surface area contributed by atoms with Gasteiger partial charge >= 0.3 is 5.97 Å². The normalized spacial score (nSPS) is 10.6. The third-order valence-electron chi connectivity index (χ3n) is 2.75. The molecule has 1 N–H and O–H groups in total. The van der Waals surface area contributed by atoms with Gasteiger partial charge in [-0.25, -0.2) is 4.98 Å². The lowest BCUT2D eigenvalue weighted by molar-refractivity contribution is -0.136. The van der Waals surface area contributed by atoms with E-state index in [1.54, 1.807) is 11.3 Å². The van der Waals surface area contributed by atoms with E-state index in [0.29, 0.717) is 5.69 Å². The van der Waals surface area contributed by atoms with Crippen LogP contribution in [0, 0.1) is 20.8 Å². The Morgan fingerprint density at radius 2 is 2.06 bits per heavy atom. The number of thiazole rings is 1. The predicted molar refractivity (Wildman–Crippen MR) is 73.1 cm³/mol. The second-order valence-corrected chi connectivity index (χ2v) is 5.60. The maximum absolute atomic E-state index is 10.9. The number of rotatable bonds is 3. The molecule has 18 heavy (non-hydrogen) atoms. The van der Waals surface area contributed by atoms with Gasteiger partial charge in [-0.3, -0.25) is 4.79 Å². The molecule has 2 aromatic rings. The first-order valence-electron chi connectivity index (χ1n) is 5.73. The summed E-state index contributed by atoms with van der Waals surface area (Å²) in [6, 6.07) is 6.19. The molecule has 0 aliphatic carbocycles. The molecule has 0 spiro atoms. The molecule has 1 aromatic carbocycles. The van der Waals surface area contributed by atoms with Crippen LogP contribution in [0.4, 0.5) is 0 Å². The largest absolute Gasteiger partial charge is 0.481 e. The molecule has 0 bridgehead atoms. The van der Waals surface area contributed by atoms with Crippen molar-refractivity contribution in [2.75, 3.05) is 0 Å². The van der Waals surface area contributed by atoms with Crippen LogP contribution in [-0.2, 0) is 11.2 Å². The van der Waals surface area contributed by atoms with E-state index in [9.17, 15) is 4.79 Å². The van der Waals surface area contributed by atoms with Crippen molar-refractivity contribution in [3.63, 3.8) is 0 Å². The molecule has 0 aliphatic heterocycles. The highest BCUT2D eigenvalue weighted by Gasteiger charge is 2.15. The van der Waals surface area contributed by atoms with Crippen LogP contribution >= 0.6 is 11.3 Å². The molecule has 0 atom stereocenters. The SMILES string of the molecule is Cc1ccc(-c2sc(C)nc2CC(=O)O)c(C)c1. The molecule has 4 heteroatoms. The van der Waals surface area contributed by atoms with Crippen molar-refractivity contribution >= 4 is 17.3 Å². The summed E-state index contributed by atoms with van der Waals surface area (Å²) in [5.41, 5.74) is 4.11. The van der Waals surface area contributed by atoms with E-state index in [1.807, 2.05) is 32.9 Å². The van der Waals surface area contributed by atoms with Crippen molar-refractivity contribution in [1.29, 1.82) is 0 Å². The highest BCUT2D eigenvalue weighted by molar-refractivity contribution is 7.15. The van der Waals surface area contributed by atoms with E-state index in [1.165, 1.54) is 5.56 Å². The fourth-order valence-corrected chi connectivity index (χ4v) is 3.04. The number of aromatic nitrogens is 1. The first kappa shape index (κ1) is 12.8. The van der Waals surface area contributed by atoms with E-state index in [4.69, 9.17) is 5.11 Å². The Morgan fingerprint density at radius 3 is 2.67 bits per heavy atom. The summed E-state index contributed by atoms with van der Waals surface area (Å²) in [6.45, 7) is 6.00. The molecule has 0 saturated carbocycles. The Balaban J connectivity index is 2.52. The lowest BCUT2D eigenvalue weighted by atomic mass is 10.0. The standard InChI is InChI=1S/C14H15NO2S/c1-8-4-5-11(9(2)6-8)14-12(7-13(16)17)15-10(3)18-14/h4-6H,7H2,1-3H3,(H,16,17). The van der Waals surface area contributed by atoms with Gasteiger partial charge in [-0.15, -0.1) is 11.3 Å². The Hall–Kier alpha value is -1.68. The zero-order valence-corrected chi connectivity index (χ0v) is 11.5. The van der Waals surface area contributed by atoms with Crippen molar-refractivity contribution in [2.45, 2.75) is 27.2 Å². The van der Waals surface area contributed by atoms with Gasteiger partial charge in [-0.2, -0.15) is 0 Å². The summed E-state index contributed by atoms with van der Waals surface area (Å²) >= 11 is 1.56. The Kier molecular flexibility index (Phi) is 3.48. The molecular weight excluding hydrogens is 246 g/mol. The van der Waals surface area contributed by atoms with Crippen LogP contribution in [0.25, 0.3) is 10.4 Å². The van der Waals surface area contributed by atoms with E-state index in [2.05, 4.69) is 11.1 Å². The van der Waals surface area contributed by atoms with Gasteiger partial charge in [0.2, 0.25) is 0 Å². The molecule has 0 fully saturated rings. The Labute approximate surface area is 110 Å². The van der Waals surface area contributed by atoms with Crippen LogP contribution in [0.5, 0.6) is 0 Å². The molecule has 2 rings (SSSR count). The maximum Gasteiger partial charge on any atom is 0.309 e. The summed E-state index contributed by atoms with van der Waals surface area (Å²) in [7, 11) is 0. The van der Waals surface area contributed by atoms with Crippen LogP contribution in [0.15, 0.2) is 18.2 Å². The van der Waals surface area contributed by atoms with Crippen LogP contribution in [0.2, 0.25) is 0 Å². The number of benzene rings is 1. The van der Waals surface area contributed by atoms with Crippen molar-refractivity contribution in [3.8, 4) is 10.4 Å². The van der Waals surface area contributed by atoms with E-state index >= 15 is 0 Å². The number of aliphatic carboxylic acids is 1. The first-order valence-corrected chi connectivity index (χ1v) is 6.54. The number of hydrogen-bond acceptors (Lipinski definition) is 3. The van der Waals surface area contributed by atoms with Crippen molar-refractivity contribution in [2.24, 2.45) is 0 Å². The third-order valence-corrected chi connectivity index (χ3v) is 3.80. The second kappa shape index (κ2) is 4.90. The first-order chi connectivity index (χ1) is 8.47. The van der Waals surface area contributed by atoms with Crippen molar-refractivity contribution in [1.82, 2.24) is 4.98 Å². The fourth-order valence-electron chi connectivity index (χ4n) is 2.01. The minimum Gasteiger partial charge on any atom is -0.481 e. The van der Waals surface area contributed by atoms with E-state index in [0.717, 1.165) is 21.0 Å². The number of aryl methyl sites for hydroxylation is 3. The van der Waals surface area contributed by atoms with Gasteiger partial charge in [0.15, 0.2) is 0 Å². The summed E-state index contributed by atoms with van der Waals surface area (Å²) in [5.74, 6) is -0.841. The number of carbonyl (C=O) groups is 1. The average molecular weight is 261 g/mol. The smallest absolute Gasteiger partial charge is 0.309 e. The Morgan fingerprint density at radius 1 is 1.33 bits per heavy atom. The van der Waals surface area contributed by atoms with Gasteiger partial charge in [0, 0.05) is 0 Å². The van der Waals surface area contributed by atoms with Crippen LogP contribution in [0.1, 0.15) is 21.8 Å². The lowest BCUT2D eigenvalue weighted by Gasteiger charge is -2.06. The summed E-state index contributed by atoms with van der Waals surface area (Å²) in [5, 5.41) is 9.83. The van der Waals surface area contributed by atoms with E-state index in [-0.39, 0.29) is 6.42 Å². The zero-order chi connectivity index (χ0) is 13.3. The molecule has 0 aliphatic rings. The third kappa shape index (κ3) is 2.59. The minimum atomic E-state index is -0.841. The highest BCUT2D eigenvalue weighted by Crippen LogP contribution is 2.33. The van der Waals surface area contributed by atoms with Gasteiger partial charge in [0.1, 0.15) is 0 Å². The van der Waals surface area contributed by atoms with Crippen molar-refractivity contribution in [3.05, 3.63) is 40.0 Å². The highest BCUT2D eigenvalue weighted by atomic mass is 32.1. The summed E-state index contributed by atoms with van der Waals surface area (Å²) < 4.78 is 0. The second-order valence-electron chi connectivity index (χ2n) is 4.40. The number of carboxylic acids is 1. The van der Waals surface area contributed by atoms with Gasteiger partial charge in [0.25, 0.3) is 0 Å². The average Bonchev–Trinajstić information content (AvgIpc) is 2.58. The van der Waals surface area contributed by atoms with Gasteiger partial charge in [-0.1, -0.05) is 23.8 Å². The number of carboxylic acid groups (broad SMARTS) is 1. The molecule has 1 heterocycles. The monoisotopic (exact) mass is 261 g/mol. The van der Waals surface area contributed by atoms with Crippen LogP contribution in [-0.4, -0.2) is 16.1 Å². The molecule has 0 amide bonds. The predicted octanol–water partition coefficient (Wildman–Crippen LogP) is 3.36. The molecule has 1 aromatic heterocycles. The molecular formula is C14H15NO2S. The fraction of sp³-hybridized carbons (Fsp3) is 0.286. The van der Waals surface area contributed by atoms with Gasteiger partial charge in [0.05, 0.1) is 22.0 Å². The van der Waals surface area contributed by atoms with Crippen LogP contribution < -0.4 is 0 Å². The van der Waals surface area contributed by atoms with Crippen LogP contribution in [0.3, 0.4) is 0 Å². The topological polar surface area (TPSA) is 50.2 Å². The number of hydrogen-bond donors (Lipinski definition) is 1. The minimum absolute atomic E-state index is 0.0208. The summed E-state index contributed by atoms with van der Waals surface area (Å²) in [4.78, 5) is 16.2. The zero-order valence-electron chi connectivity index (χ0n) is 10.7. The molecule has 0 saturated heterocycles. The maximum atomic E-state index is 10.9. The molecule has 0 radical (unpaired) electrons. The summed E-state index contributed by atoms with van der Waals surface area (Å²) in [6.07, 6.45) is -0.0208. The van der Waals surface area contributed by atoms with Gasteiger partial charge < -0.3 is 5.11 Å². The van der Waals surface area contributed by atoms with Gasteiger partial charge in [-0.05, 0) is 31.9 Å². The molecule has 94 valence electrons. The Bertz CT molecular complexity index is 602. The van der Waals surface area contributed by atoms with Crippen molar-refractivity contribution < 1.29 is 9.90 Å². The van der Waals surface area contributed by atoms with E-state index < -0.39 is 5.97 Å². The molecule has 0 unspecified atom stereocenters. The number of nitrogens with zero attached hydrogens (tertiary/aromatic N) is 1. The molecule has 3 nitrogen and oxygen atoms in total. The quantitative estimate of drug-likeness (QED) is 0.921. The lowest BCUT2D eigenvalue weighted by Crippen LogP contribution is -2.02.